The lowest BCUT2D eigenvalue weighted by molar-refractivity contribution is -0.268. The second-order valence-corrected chi connectivity index (χ2v) is 13.2. The summed E-state index contributed by atoms with van der Waals surface area (Å²) in [7, 11) is 0. The molecule has 0 unspecified atom stereocenters. The van der Waals surface area contributed by atoms with E-state index in [4.69, 9.17) is 14.2 Å². The van der Waals surface area contributed by atoms with E-state index >= 15 is 0 Å². The summed E-state index contributed by atoms with van der Waals surface area (Å²) < 4.78 is 17.2. The number of fused-ring (bicyclic) bond motifs is 2. The zero-order valence-electron chi connectivity index (χ0n) is 29.4. The number of phenols is 1. The largest absolute Gasteiger partial charge is 0.507 e. The lowest BCUT2D eigenvalue weighted by Crippen LogP contribution is -2.58. The molecule has 282 valence electrons. The zero-order valence-corrected chi connectivity index (χ0v) is 29.4. The van der Waals surface area contributed by atoms with Gasteiger partial charge in [0.15, 0.2) is 11.6 Å². The predicted molar refractivity (Wildman–Crippen MR) is 193 cm³/mol. The maximum atomic E-state index is 14.7. The number of ketones is 2. The molecule has 0 aromatic heterocycles. The Morgan fingerprint density at radius 1 is 0.796 bits per heavy atom. The van der Waals surface area contributed by atoms with Gasteiger partial charge in [-0.05, 0) is 59.4 Å². The molecule has 0 radical (unpaired) electrons. The summed E-state index contributed by atoms with van der Waals surface area (Å²) in [6, 6.07) is 16.4. The molecule has 0 saturated carbocycles. The minimum atomic E-state index is -1.76. The molecule has 4 aromatic carbocycles. The Morgan fingerprint density at radius 2 is 1.52 bits per heavy atom. The fraction of sp³-hybridized carbons (Fsp3) is 0.293. The van der Waals surface area contributed by atoms with Gasteiger partial charge in [0.2, 0.25) is 6.29 Å². The van der Waals surface area contributed by atoms with Crippen molar-refractivity contribution in [2.45, 2.75) is 70.6 Å². The van der Waals surface area contributed by atoms with Crippen molar-refractivity contribution in [2.75, 3.05) is 6.61 Å². The number of carbonyl (C=O) groups is 3. The molecule has 2 aliphatic rings. The topological polar surface area (TPSA) is 221 Å². The van der Waals surface area contributed by atoms with E-state index in [1.165, 1.54) is 25.1 Å². The molecule has 0 amide bonds. The van der Waals surface area contributed by atoms with E-state index in [1.807, 2.05) is 12.1 Å². The third kappa shape index (κ3) is 7.43. The fourth-order valence-electron chi connectivity index (χ4n) is 6.82. The molecule has 54 heavy (non-hydrogen) atoms. The van der Waals surface area contributed by atoms with Crippen LogP contribution in [0.1, 0.15) is 84.6 Å². The number of hydrogen-bond acceptors (Lipinski definition) is 13. The third-order valence-corrected chi connectivity index (χ3v) is 9.53. The smallest absolute Gasteiger partial charge is 0.308 e. The average molecular weight is 741 g/mol. The number of benzene rings is 4. The molecule has 1 fully saturated rings. The van der Waals surface area contributed by atoms with Gasteiger partial charge in [-0.3, -0.25) is 14.4 Å². The molecule has 1 aliphatic heterocycles. The first-order valence-corrected chi connectivity index (χ1v) is 17.3. The highest BCUT2D eigenvalue weighted by Crippen LogP contribution is 2.45. The number of aliphatic hydroxyl groups excluding tert-OH is 6. The van der Waals surface area contributed by atoms with E-state index in [1.54, 1.807) is 42.5 Å². The van der Waals surface area contributed by atoms with Crippen molar-refractivity contribution in [1.82, 2.24) is 0 Å². The van der Waals surface area contributed by atoms with Crippen molar-refractivity contribution >= 4 is 29.7 Å². The number of esters is 1. The minimum absolute atomic E-state index is 0.00228. The van der Waals surface area contributed by atoms with Gasteiger partial charge in [-0.15, -0.1) is 0 Å². The van der Waals surface area contributed by atoms with Crippen molar-refractivity contribution in [2.24, 2.45) is 0 Å². The van der Waals surface area contributed by atoms with Crippen molar-refractivity contribution in [3.05, 3.63) is 122 Å². The van der Waals surface area contributed by atoms with Crippen molar-refractivity contribution < 1.29 is 64.3 Å². The highest BCUT2D eigenvalue weighted by atomic mass is 16.7. The van der Waals surface area contributed by atoms with Crippen LogP contribution in [0.4, 0.5) is 0 Å². The second-order valence-electron chi connectivity index (χ2n) is 13.2. The maximum Gasteiger partial charge on any atom is 0.308 e. The quantitative estimate of drug-likeness (QED) is 0.0589. The van der Waals surface area contributed by atoms with Gasteiger partial charge in [0.1, 0.15) is 35.6 Å². The first kappa shape index (κ1) is 38.5. The summed E-state index contributed by atoms with van der Waals surface area (Å²) in [6.45, 7) is 1.53. The van der Waals surface area contributed by atoms with Crippen molar-refractivity contribution in [1.29, 1.82) is 0 Å². The summed E-state index contributed by atoms with van der Waals surface area (Å²) in [5.41, 5.74) is 1.51. The molecule has 13 nitrogen and oxygen atoms in total. The minimum Gasteiger partial charge on any atom is -0.507 e. The number of ether oxygens (including phenoxy) is 3. The Bertz CT molecular complexity index is 2140. The molecule has 5 atom stereocenters. The molecule has 1 heterocycles. The summed E-state index contributed by atoms with van der Waals surface area (Å²) >= 11 is 0. The van der Waals surface area contributed by atoms with E-state index in [0.717, 1.165) is 12.5 Å². The van der Waals surface area contributed by atoms with Crippen LogP contribution in [0.2, 0.25) is 0 Å². The van der Waals surface area contributed by atoms with E-state index in [0.29, 0.717) is 23.1 Å². The van der Waals surface area contributed by atoms with Crippen LogP contribution in [0.5, 0.6) is 17.2 Å². The molecule has 6 rings (SSSR count). The molecule has 1 aliphatic carbocycles. The van der Waals surface area contributed by atoms with Crippen molar-refractivity contribution in [3.63, 3.8) is 0 Å². The summed E-state index contributed by atoms with van der Waals surface area (Å²) in [5, 5.41) is 73.1. The summed E-state index contributed by atoms with van der Waals surface area (Å²) in [5.74, 6) is -3.27. The molecular formula is C41H40O13. The number of phenolic OH excluding ortho intramolecular Hbond substituents is 1. The van der Waals surface area contributed by atoms with Gasteiger partial charge >= 0.3 is 5.97 Å². The van der Waals surface area contributed by atoms with Crippen LogP contribution in [-0.4, -0.2) is 90.6 Å². The number of carbonyl (C=O) groups excluding carboxylic acids is 3. The molecule has 4 aromatic rings. The van der Waals surface area contributed by atoms with Crippen LogP contribution in [-0.2, 0) is 35.6 Å². The van der Waals surface area contributed by atoms with Gasteiger partial charge < -0.3 is 50.0 Å². The molecule has 13 heteroatoms. The van der Waals surface area contributed by atoms with Crippen LogP contribution in [0.25, 0.3) is 12.2 Å². The van der Waals surface area contributed by atoms with Crippen molar-refractivity contribution in [3.8, 4) is 17.2 Å². The lowest BCUT2D eigenvalue weighted by Gasteiger charge is -2.39. The first-order valence-electron chi connectivity index (χ1n) is 17.3. The highest BCUT2D eigenvalue weighted by molar-refractivity contribution is 6.31. The SMILES string of the molecule is CC(=O)Oc1cc(CO)c2c(c1/C=C/c1cccc(CCO)c1)C(=O)c1cc(O[C@H]3O[C@@H](C)[C@@H](O)[C@@H](O)[C@H]3O)c(Cc3cccc(CO)c3)c(O)c1C2=O. The first-order chi connectivity index (χ1) is 25.9. The summed E-state index contributed by atoms with van der Waals surface area (Å²) in [6.07, 6.45) is -4.02. The van der Waals surface area contributed by atoms with Gasteiger partial charge in [0.05, 0.1) is 24.9 Å². The Hall–Kier alpha value is -5.25. The molecular weight excluding hydrogens is 700 g/mol. The van der Waals surface area contributed by atoms with Gasteiger partial charge in [0.25, 0.3) is 0 Å². The number of aromatic hydroxyl groups is 1. The van der Waals surface area contributed by atoms with Gasteiger partial charge in [-0.25, -0.2) is 0 Å². The van der Waals surface area contributed by atoms with E-state index in [-0.39, 0.29) is 70.1 Å². The monoisotopic (exact) mass is 740 g/mol. The predicted octanol–water partition coefficient (Wildman–Crippen LogP) is 2.58. The highest BCUT2D eigenvalue weighted by Gasteiger charge is 2.44. The van der Waals surface area contributed by atoms with E-state index in [9.17, 15) is 50.1 Å². The van der Waals surface area contributed by atoms with Gasteiger partial charge in [-0.2, -0.15) is 0 Å². The number of hydrogen-bond donors (Lipinski definition) is 7. The average Bonchev–Trinajstić information content (AvgIpc) is 3.15. The summed E-state index contributed by atoms with van der Waals surface area (Å²) in [4.78, 5) is 41.5. The Balaban J connectivity index is 1.55. The number of rotatable bonds is 11. The molecule has 0 bridgehead atoms. The standard InChI is InChI=1S/C41H40O13/c1-20-35(46)39(50)40(51)41(52-20)54-31-17-29-34(36(47)28(31)15-24-7-4-8-25(14-24)18-43)38(49)32-26(19-44)16-30(53-21(2)45)27(33(32)37(29)48)10-9-22-5-3-6-23(13-22)11-12-42/h3-10,13-14,16-17,20,35,39-44,46-47,50-51H,11-12,15,18-19H2,1-2H3/b10-9+/t20-,35+,39+,40+,41+/m0/s1. The van der Waals surface area contributed by atoms with Crippen LogP contribution >= 0.6 is 0 Å². The van der Waals surface area contributed by atoms with Crippen LogP contribution < -0.4 is 9.47 Å². The van der Waals surface area contributed by atoms with E-state index in [2.05, 4.69) is 0 Å². The normalized spacial score (nSPS) is 20.9. The van der Waals surface area contributed by atoms with Crippen LogP contribution in [0, 0.1) is 0 Å². The Kier molecular flexibility index (Phi) is 11.4. The Morgan fingerprint density at radius 3 is 2.22 bits per heavy atom. The zero-order chi connectivity index (χ0) is 38.8. The molecule has 1 saturated heterocycles. The number of aliphatic hydroxyl groups is 6. The molecule has 0 spiro atoms. The van der Waals surface area contributed by atoms with E-state index < -0.39 is 60.6 Å². The lowest BCUT2D eigenvalue weighted by atomic mass is 9.77. The van der Waals surface area contributed by atoms with Gasteiger partial charge in [0, 0.05) is 47.8 Å². The Labute approximate surface area is 309 Å². The van der Waals surface area contributed by atoms with Crippen LogP contribution in [0.3, 0.4) is 0 Å². The third-order valence-electron chi connectivity index (χ3n) is 9.53. The van der Waals surface area contributed by atoms with Gasteiger partial charge in [-0.1, -0.05) is 54.6 Å². The molecule has 7 N–H and O–H groups in total. The fourth-order valence-corrected chi connectivity index (χ4v) is 6.82. The second kappa shape index (κ2) is 16.0. The maximum absolute atomic E-state index is 14.7. The van der Waals surface area contributed by atoms with Crippen LogP contribution in [0.15, 0.2) is 60.7 Å².